The number of hydrogen-bond donors (Lipinski definition) is 1. The van der Waals surface area contributed by atoms with Crippen molar-refractivity contribution in [1.29, 1.82) is 0 Å². The molecule has 0 saturated carbocycles. The van der Waals surface area contributed by atoms with Gasteiger partial charge >= 0.3 is 0 Å². The number of nitrogens with zero attached hydrogens (tertiary/aromatic N) is 2. The predicted octanol–water partition coefficient (Wildman–Crippen LogP) is 6.91. The lowest BCUT2D eigenvalue weighted by molar-refractivity contribution is -0.140. The average molecular weight is 667 g/mol. The van der Waals surface area contributed by atoms with Gasteiger partial charge in [-0.1, -0.05) is 97.7 Å². The Kier molecular flexibility index (Phi) is 11.7. The number of nitrogens with one attached hydrogen (secondary N) is 1. The van der Waals surface area contributed by atoms with Crippen LogP contribution in [-0.4, -0.2) is 44.3 Å². The van der Waals surface area contributed by atoms with Crippen molar-refractivity contribution in [2.24, 2.45) is 5.92 Å². The molecule has 1 N–H and O–H groups in total. The Morgan fingerprint density at radius 2 is 1.36 bits per heavy atom. The SMILES string of the molecule is Cc1ccccc1N(CC(=O)N(Cc1ccc(Cl)cc1)[C@H](Cc1ccccc1)C(=O)NCC(C)C)S(=O)(=O)c1ccc(Cl)cc1. The lowest BCUT2D eigenvalue weighted by Crippen LogP contribution is -2.53. The molecule has 0 aliphatic carbocycles. The second-order valence-electron chi connectivity index (χ2n) is 11.2. The Morgan fingerprint density at radius 3 is 1.96 bits per heavy atom. The maximum atomic E-state index is 14.5. The molecule has 0 aliphatic heterocycles. The van der Waals surface area contributed by atoms with Crippen LogP contribution in [0.5, 0.6) is 0 Å². The third-order valence-electron chi connectivity index (χ3n) is 7.29. The molecule has 45 heavy (non-hydrogen) atoms. The zero-order valence-electron chi connectivity index (χ0n) is 25.5. The van der Waals surface area contributed by atoms with E-state index in [1.54, 1.807) is 55.5 Å². The first-order valence-electron chi connectivity index (χ1n) is 14.6. The largest absolute Gasteiger partial charge is 0.354 e. The van der Waals surface area contributed by atoms with Crippen LogP contribution in [-0.2, 0) is 32.6 Å². The van der Waals surface area contributed by atoms with Gasteiger partial charge in [0, 0.05) is 29.6 Å². The van der Waals surface area contributed by atoms with Crippen LogP contribution in [0.3, 0.4) is 0 Å². The molecule has 0 unspecified atom stereocenters. The summed E-state index contributed by atoms with van der Waals surface area (Å²) >= 11 is 12.2. The highest BCUT2D eigenvalue weighted by atomic mass is 35.5. The molecule has 4 aromatic rings. The van der Waals surface area contributed by atoms with Gasteiger partial charge in [-0.2, -0.15) is 0 Å². The van der Waals surface area contributed by atoms with Gasteiger partial charge in [0.05, 0.1) is 10.6 Å². The molecule has 0 fully saturated rings. The minimum atomic E-state index is -4.22. The van der Waals surface area contributed by atoms with E-state index < -0.39 is 28.5 Å². The van der Waals surface area contributed by atoms with E-state index in [0.29, 0.717) is 27.8 Å². The van der Waals surface area contributed by atoms with Crippen molar-refractivity contribution in [2.45, 2.75) is 44.7 Å². The number of carbonyl (C=O) groups excluding carboxylic acids is 2. The van der Waals surface area contributed by atoms with Crippen LogP contribution in [0.4, 0.5) is 5.69 Å². The third-order valence-corrected chi connectivity index (χ3v) is 9.56. The Hall–Kier alpha value is -3.85. The molecule has 0 radical (unpaired) electrons. The summed E-state index contributed by atoms with van der Waals surface area (Å²) < 4.78 is 29.4. The first-order valence-corrected chi connectivity index (χ1v) is 16.8. The van der Waals surface area contributed by atoms with Gasteiger partial charge in [0.25, 0.3) is 10.0 Å². The van der Waals surface area contributed by atoms with Gasteiger partial charge in [0.1, 0.15) is 12.6 Å². The standard InChI is InChI=1S/C35H37Cl2N3O4S/c1-25(2)22-38-35(42)33(21-27-10-5-4-6-11-27)39(23-28-13-15-29(36)16-14-28)34(41)24-40(32-12-8-7-9-26(32)3)45(43,44)31-19-17-30(37)18-20-31/h4-20,25,33H,21-24H2,1-3H3,(H,38,42)/t33-/m1/s1. The number of amides is 2. The number of benzene rings is 4. The van der Waals surface area contributed by atoms with Crippen LogP contribution in [0.1, 0.15) is 30.5 Å². The topological polar surface area (TPSA) is 86.8 Å². The molecule has 2 amide bonds. The molecule has 0 bridgehead atoms. The normalized spacial score (nSPS) is 12.0. The van der Waals surface area contributed by atoms with Gasteiger partial charge in [0.15, 0.2) is 0 Å². The van der Waals surface area contributed by atoms with Crippen molar-refractivity contribution in [2.75, 3.05) is 17.4 Å². The van der Waals surface area contributed by atoms with Crippen LogP contribution in [0.25, 0.3) is 0 Å². The zero-order valence-corrected chi connectivity index (χ0v) is 27.8. The highest BCUT2D eigenvalue weighted by Crippen LogP contribution is 2.28. The quantitative estimate of drug-likeness (QED) is 0.168. The van der Waals surface area contributed by atoms with Gasteiger partial charge in [-0.3, -0.25) is 13.9 Å². The van der Waals surface area contributed by atoms with Crippen molar-refractivity contribution < 1.29 is 18.0 Å². The lowest BCUT2D eigenvalue weighted by atomic mass is 10.0. The van der Waals surface area contributed by atoms with Crippen molar-refractivity contribution >= 4 is 50.7 Å². The van der Waals surface area contributed by atoms with E-state index in [0.717, 1.165) is 15.4 Å². The smallest absolute Gasteiger partial charge is 0.264 e. The molecule has 0 saturated heterocycles. The molecule has 4 aromatic carbocycles. The Morgan fingerprint density at radius 1 is 0.778 bits per heavy atom. The number of sulfonamides is 1. The molecule has 4 rings (SSSR count). The highest BCUT2D eigenvalue weighted by molar-refractivity contribution is 7.92. The fraction of sp³-hybridized carbons (Fsp3) is 0.257. The number of carbonyl (C=O) groups is 2. The molecule has 0 spiro atoms. The number of halogens is 2. The monoisotopic (exact) mass is 665 g/mol. The molecule has 236 valence electrons. The van der Waals surface area contributed by atoms with E-state index in [1.165, 1.54) is 29.2 Å². The summed E-state index contributed by atoms with van der Waals surface area (Å²) in [6.07, 6.45) is 0.235. The first kappa shape index (κ1) is 34.0. The second-order valence-corrected chi connectivity index (χ2v) is 14.0. The minimum absolute atomic E-state index is 0.0114. The summed E-state index contributed by atoms with van der Waals surface area (Å²) in [4.78, 5) is 29.8. The summed E-state index contributed by atoms with van der Waals surface area (Å²) in [5.41, 5.74) is 2.63. The average Bonchev–Trinajstić information content (AvgIpc) is 3.02. The lowest BCUT2D eigenvalue weighted by Gasteiger charge is -2.34. The van der Waals surface area contributed by atoms with E-state index in [2.05, 4.69) is 5.32 Å². The Labute approximate surface area is 275 Å². The van der Waals surface area contributed by atoms with Gasteiger partial charge in [-0.05, 0) is 72.0 Å². The van der Waals surface area contributed by atoms with Gasteiger partial charge in [-0.25, -0.2) is 8.42 Å². The summed E-state index contributed by atoms with van der Waals surface area (Å²) in [6, 6.07) is 28.3. The molecular weight excluding hydrogens is 629 g/mol. The Balaban J connectivity index is 1.80. The van der Waals surface area contributed by atoms with E-state index in [9.17, 15) is 18.0 Å². The van der Waals surface area contributed by atoms with E-state index >= 15 is 0 Å². The number of rotatable bonds is 13. The molecule has 7 nitrogen and oxygen atoms in total. The van der Waals surface area contributed by atoms with Crippen LogP contribution >= 0.6 is 23.2 Å². The number of aryl methyl sites for hydroxylation is 1. The summed E-state index contributed by atoms with van der Waals surface area (Å²) in [5.74, 6) is -0.669. The number of anilines is 1. The van der Waals surface area contributed by atoms with E-state index in [1.807, 2.05) is 44.2 Å². The van der Waals surface area contributed by atoms with E-state index in [-0.39, 0.29) is 29.7 Å². The van der Waals surface area contributed by atoms with Gasteiger partial charge < -0.3 is 10.2 Å². The second kappa shape index (κ2) is 15.4. The van der Waals surface area contributed by atoms with Crippen LogP contribution in [0.15, 0.2) is 108 Å². The maximum absolute atomic E-state index is 14.5. The first-order chi connectivity index (χ1) is 21.5. The van der Waals surface area contributed by atoms with Gasteiger partial charge in [0.2, 0.25) is 11.8 Å². The van der Waals surface area contributed by atoms with Crippen LogP contribution < -0.4 is 9.62 Å². The van der Waals surface area contributed by atoms with Gasteiger partial charge in [-0.15, -0.1) is 0 Å². The van der Waals surface area contributed by atoms with Crippen molar-refractivity contribution in [3.8, 4) is 0 Å². The summed E-state index contributed by atoms with van der Waals surface area (Å²) in [6.45, 7) is 5.72. The number of hydrogen-bond acceptors (Lipinski definition) is 4. The fourth-order valence-electron chi connectivity index (χ4n) is 4.85. The van der Waals surface area contributed by atoms with E-state index in [4.69, 9.17) is 23.2 Å². The molecule has 0 aliphatic rings. The zero-order chi connectivity index (χ0) is 32.6. The molecular formula is C35H37Cl2N3O4S. The molecule has 0 aromatic heterocycles. The van der Waals surface area contributed by atoms with Crippen molar-refractivity contribution in [3.05, 3.63) is 130 Å². The number of para-hydroxylation sites is 1. The molecule has 10 heteroatoms. The van der Waals surface area contributed by atoms with Crippen LogP contribution in [0.2, 0.25) is 10.0 Å². The molecule has 0 heterocycles. The highest BCUT2D eigenvalue weighted by Gasteiger charge is 2.35. The Bertz CT molecular complexity index is 1700. The fourth-order valence-corrected chi connectivity index (χ4v) is 6.58. The van der Waals surface area contributed by atoms with Crippen molar-refractivity contribution in [3.63, 3.8) is 0 Å². The predicted molar refractivity (Wildman–Crippen MR) is 181 cm³/mol. The van der Waals surface area contributed by atoms with Crippen molar-refractivity contribution in [1.82, 2.24) is 10.2 Å². The third kappa shape index (κ3) is 9.10. The summed E-state index contributed by atoms with van der Waals surface area (Å²) in [5, 5.41) is 3.91. The maximum Gasteiger partial charge on any atom is 0.264 e. The molecule has 1 atom stereocenters. The summed E-state index contributed by atoms with van der Waals surface area (Å²) in [7, 11) is -4.22. The minimum Gasteiger partial charge on any atom is -0.354 e. The van der Waals surface area contributed by atoms with Crippen LogP contribution in [0, 0.1) is 12.8 Å².